The van der Waals surface area contributed by atoms with E-state index in [9.17, 15) is 9.90 Å². The number of nitrogens with zero attached hydrogens (tertiary/aromatic N) is 2. The largest absolute Gasteiger partial charge is 0.504 e. The van der Waals surface area contributed by atoms with Crippen LogP contribution in [0.3, 0.4) is 0 Å². The minimum Gasteiger partial charge on any atom is -0.504 e. The maximum atomic E-state index is 12.8. The summed E-state index contributed by atoms with van der Waals surface area (Å²) in [7, 11) is 0. The van der Waals surface area contributed by atoms with Crippen molar-refractivity contribution in [2.24, 2.45) is 5.10 Å². The molecule has 176 valence electrons. The van der Waals surface area contributed by atoms with Gasteiger partial charge in [0.05, 0.1) is 23.3 Å². The molecule has 2 N–H and O–H groups in total. The maximum absolute atomic E-state index is 12.8. The first-order chi connectivity index (χ1) is 17.1. The number of para-hydroxylation sites is 1. The van der Waals surface area contributed by atoms with Crippen molar-refractivity contribution in [2.45, 2.75) is 25.2 Å². The normalized spacial score (nSPS) is 23.5. The van der Waals surface area contributed by atoms with E-state index in [1.807, 2.05) is 72.6 Å². The van der Waals surface area contributed by atoms with E-state index in [2.05, 4.69) is 5.32 Å². The lowest BCUT2D eigenvalue weighted by Gasteiger charge is -2.45. The second-order valence-corrected chi connectivity index (χ2v) is 9.46. The summed E-state index contributed by atoms with van der Waals surface area (Å²) in [5.74, 6) is -0.109. The van der Waals surface area contributed by atoms with Crippen molar-refractivity contribution >= 4 is 28.8 Å². The molecule has 3 heterocycles. The van der Waals surface area contributed by atoms with E-state index < -0.39 is 5.85 Å². The molecule has 1 saturated heterocycles. The highest BCUT2D eigenvalue weighted by Gasteiger charge is 2.58. The highest BCUT2D eigenvalue weighted by Crippen LogP contribution is 2.52. The van der Waals surface area contributed by atoms with Crippen LogP contribution in [0.1, 0.15) is 36.1 Å². The van der Waals surface area contributed by atoms with Gasteiger partial charge in [0.2, 0.25) is 0 Å². The lowest BCUT2D eigenvalue weighted by atomic mass is 9.95. The van der Waals surface area contributed by atoms with Gasteiger partial charge in [-0.05, 0) is 54.1 Å². The zero-order valence-electron chi connectivity index (χ0n) is 19.0. The van der Waals surface area contributed by atoms with Gasteiger partial charge in [0.1, 0.15) is 5.75 Å². The van der Waals surface area contributed by atoms with Crippen molar-refractivity contribution in [1.29, 1.82) is 0 Å². The molecule has 3 aromatic carbocycles. The number of phenolic OH excluding ortho intramolecular Hbond substituents is 1. The molecule has 1 spiro atoms. The lowest BCUT2D eigenvalue weighted by molar-refractivity contribution is -0.0949. The standard InChI is InChI=1S/C27H23N3O4S/c1-2-33-24-14-17(12-13-22(24)31)15-25-27(28-26(32)35-25)30-21(19-10-6-7-11-23(19)34-27)16-20(29-30)18-8-4-3-5-9-18/h3-15,21,31H,2,16H2,1H3,(H,28,32). The van der Waals surface area contributed by atoms with Crippen LogP contribution in [0.5, 0.6) is 17.2 Å². The van der Waals surface area contributed by atoms with Crippen molar-refractivity contribution < 1.29 is 19.4 Å². The van der Waals surface area contributed by atoms with Crippen LogP contribution in [0.25, 0.3) is 6.08 Å². The van der Waals surface area contributed by atoms with Gasteiger partial charge in [-0.2, -0.15) is 5.10 Å². The Kier molecular flexibility index (Phi) is 5.18. The molecule has 2 atom stereocenters. The smallest absolute Gasteiger partial charge is 0.314 e. The van der Waals surface area contributed by atoms with Gasteiger partial charge in [-0.15, -0.1) is 0 Å². The number of hydrazone groups is 1. The molecule has 7 nitrogen and oxygen atoms in total. The van der Waals surface area contributed by atoms with Crippen LogP contribution in [0.15, 0.2) is 82.8 Å². The highest BCUT2D eigenvalue weighted by atomic mass is 32.2. The van der Waals surface area contributed by atoms with E-state index in [1.165, 1.54) is 0 Å². The molecule has 8 heteroatoms. The van der Waals surface area contributed by atoms with Gasteiger partial charge in [0.25, 0.3) is 5.24 Å². The Balaban J connectivity index is 1.49. The summed E-state index contributed by atoms with van der Waals surface area (Å²) in [4.78, 5) is 13.4. The molecule has 0 saturated carbocycles. The summed E-state index contributed by atoms with van der Waals surface area (Å²) in [5.41, 5.74) is 3.78. The quantitative estimate of drug-likeness (QED) is 0.509. The fourth-order valence-corrected chi connectivity index (χ4v) is 5.62. The predicted molar refractivity (Wildman–Crippen MR) is 135 cm³/mol. The maximum Gasteiger partial charge on any atom is 0.314 e. The molecular formula is C27H23N3O4S. The van der Waals surface area contributed by atoms with Crippen molar-refractivity contribution in [3.63, 3.8) is 0 Å². The molecule has 3 aliphatic rings. The average molecular weight is 486 g/mol. The number of amides is 1. The van der Waals surface area contributed by atoms with E-state index in [0.29, 0.717) is 29.4 Å². The van der Waals surface area contributed by atoms with Gasteiger partial charge in [-0.25, -0.2) is 5.01 Å². The molecule has 2 unspecified atom stereocenters. The number of hydrogen-bond donors (Lipinski definition) is 2. The fraction of sp³-hybridized carbons (Fsp3) is 0.185. The predicted octanol–water partition coefficient (Wildman–Crippen LogP) is 5.49. The summed E-state index contributed by atoms with van der Waals surface area (Å²) >= 11 is 1.08. The number of rotatable bonds is 4. The fourth-order valence-electron chi connectivity index (χ4n) is 4.71. The van der Waals surface area contributed by atoms with Crippen molar-refractivity contribution in [3.8, 4) is 17.2 Å². The molecule has 6 rings (SSSR count). The number of benzene rings is 3. The Hall–Kier alpha value is -3.91. The minimum absolute atomic E-state index is 0.0662. The molecule has 0 aliphatic carbocycles. The van der Waals surface area contributed by atoms with Crippen LogP contribution in [0, 0.1) is 0 Å². The van der Waals surface area contributed by atoms with Crippen LogP contribution in [-0.4, -0.2) is 33.5 Å². The van der Waals surface area contributed by atoms with E-state index in [1.54, 1.807) is 18.2 Å². The lowest BCUT2D eigenvalue weighted by Crippen LogP contribution is -2.61. The van der Waals surface area contributed by atoms with Gasteiger partial charge in [0.15, 0.2) is 11.5 Å². The number of thioether (sulfide) groups is 1. The van der Waals surface area contributed by atoms with Gasteiger partial charge in [-0.3, -0.25) is 10.1 Å². The molecule has 1 fully saturated rings. The summed E-state index contributed by atoms with van der Waals surface area (Å²) in [6.45, 7) is 2.29. The summed E-state index contributed by atoms with van der Waals surface area (Å²) in [5, 5.41) is 19.8. The van der Waals surface area contributed by atoms with Crippen LogP contribution in [0.2, 0.25) is 0 Å². The van der Waals surface area contributed by atoms with Crippen LogP contribution in [-0.2, 0) is 0 Å². The number of phenols is 1. The molecule has 3 aromatic rings. The summed E-state index contributed by atoms with van der Waals surface area (Å²) in [6.07, 6.45) is 2.57. The van der Waals surface area contributed by atoms with Crippen molar-refractivity contribution in [1.82, 2.24) is 10.3 Å². The minimum atomic E-state index is -1.28. The first kappa shape index (κ1) is 21.6. The zero-order chi connectivity index (χ0) is 24.0. The monoisotopic (exact) mass is 485 g/mol. The zero-order valence-corrected chi connectivity index (χ0v) is 19.8. The first-order valence-corrected chi connectivity index (χ1v) is 12.3. The van der Waals surface area contributed by atoms with E-state index in [-0.39, 0.29) is 17.0 Å². The Morgan fingerprint density at radius 2 is 2.00 bits per heavy atom. The molecule has 0 aromatic heterocycles. The molecular weight excluding hydrogens is 462 g/mol. The average Bonchev–Trinajstić information content (AvgIpc) is 3.45. The second-order valence-electron chi connectivity index (χ2n) is 8.44. The van der Waals surface area contributed by atoms with E-state index in [4.69, 9.17) is 14.6 Å². The van der Waals surface area contributed by atoms with Crippen molar-refractivity contribution in [2.75, 3.05) is 6.61 Å². The van der Waals surface area contributed by atoms with Crippen LogP contribution >= 0.6 is 11.8 Å². The topological polar surface area (TPSA) is 83.4 Å². The number of carbonyl (C=O) groups is 1. The summed E-state index contributed by atoms with van der Waals surface area (Å²) < 4.78 is 12.1. The molecule has 1 amide bonds. The molecule has 35 heavy (non-hydrogen) atoms. The first-order valence-electron chi connectivity index (χ1n) is 11.5. The molecule has 3 aliphatic heterocycles. The van der Waals surface area contributed by atoms with Gasteiger partial charge in [-0.1, -0.05) is 54.6 Å². The Labute approximate surface area is 207 Å². The Bertz CT molecular complexity index is 1370. The third-order valence-electron chi connectivity index (χ3n) is 6.27. The summed E-state index contributed by atoms with van der Waals surface area (Å²) in [6, 6.07) is 23.0. The third kappa shape index (κ3) is 3.61. The number of aromatic hydroxyl groups is 1. The third-order valence-corrected chi connectivity index (χ3v) is 7.17. The Morgan fingerprint density at radius 1 is 1.20 bits per heavy atom. The number of ether oxygens (including phenoxy) is 2. The molecule has 0 bridgehead atoms. The number of hydrogen-bond acceptors (Lipinski definition) is 7. The van der Waals surface area contributed by atoms with Gasteiger partial charge >= 0.3 is 5.85 Å². The highest BCUT2D eigenvalue weighted by molar-refractivity contribution is 8.17. The van der Waals surface area contributed by atoms with Gasteiger partial charge in [0, 0.05) is 12.0 Å². The number of carbonyl (C=O) groups excluding carboxylic acids is 1. The van der Waals surface area contributed by atoms with Crippen molar-refractivity contribution in [3.05, 3.63) is 94.4 Å². The van der Waals surface area contributed by atoms with Gasteiger partial charge < -0.3 is 14.6 Å². The van der Waals surface area contributed by atoms with E-state index >= 15 is 0 Å². The van der Waals surface area contributed by atoms with E-state index in [0.717, 1.165) is 34.2 Å². The van der Waals surface area contributed by atoms with Crippen LogP contribution < -0.4 is 14.8 Å². The number of fused-ring (bicyclic) bond motifs is 4. The Morgan fingerprint density at radius 3 is 2.83 bits per heavy atom. The van der Waals surface area contributed by atoms with Crippen LogP contribution in [0.4, 0.5) is 4.79 Å². The molecule has 0 radical (unpaired) electrons. The second kappa shape index (κ2) is 8.39. The SMILES string of the molecule is CCOc1cc(C=C2SC(=O)NC23Oc2ccccc2C2CC(c4ccccc4)=NN23)ccc1O. The number of nitrogens with one attached hydrogen (secondary N) is 1.